The van der Waals surface area contributed by atoms with Crippen LogP contribution in [0.3, 0.4) is 0 Å². The van der Waals surface area contributed by atoms with Crippen LogP contribution < -0.4 is 0 Å². The van der Waals surface area contributed by atoms with Gasteiger partial charge in [-0.25, -0.2) is 14.6 Å². The Kier molecular flexibility index (Phi) is 3.25. The summed E-state index contributed by atoms with van der Waals surface area (Å²) in [6.07, 6.45) is 0. The molecule has 6 nitrogen and oxygen atoms in total. The molecule has 1 aromatic carbocycles. The number of imidazole rings is 1. The topological polar surface area (TPSA) is 81.4 Å². The molecule has 0 saturated carbocycles. The van der Waals surface area contributed by atoms with Crippen LogP contribution in [0.15, 0.2) is 18.2 Å². The monoisotopic (exact) mass is 262 g/mol. The highest BCUT2D eigenvalue weighted by Gasteiger charge is 2.21. The van der Waals surface area contributed by atoms with Crippen LogP contribution in [-0.4, -0.2) is 33.7 Å². The second kappa shape index (κ2) is 4.72. The van der Waals surface area contributed by atoms with Gasteiger partial charge >= 0.3 is 11.9 Å². The molecule has 0 aliphatic carbocycles. The molecule has 19 heavy (non-hydrogen) atoms. The minimum atomic E-state index is -1.02. The van der Waals surface area contributed by atoms with Gasteiger partial charge in [0.25, 0.3) is 0 Å². The third-order valence-corrected chi connectivity index (χ3v) is 3.04. The number of esters is 1. The Labute approximate surface area is 109 Å². The Balaban J connectivity index is 2.65. The van der Waals surface area contributed by atoms with Gasteiger partial charge in [-0.05, 0) is 32.0 Å². The molecule has 100 valence electrons. The standard InChI is InChI=1S/C13H14N2O4/c1-7(13(18)19-3)15-8(2)14-10-5-4-9(12(16)17)6-11(10)15/h4-7H,1-3H3,(H,16,17). The van der Waals surface area contributed by atoms with Crippen molar-refractivity contribution in [3.8, 4) is 0 Å². The fraction of sp³-hybridized carbons (Fsp3) is 0.308. The summed E-state index contributed by atoms with van der Waals surface area (Å²) in [5.74, 6) is -0.781. The van der Waals surface area contributed by atoms with E-state index >= 15 is 0 Å². The lowest BCUT2D eigenvalue weighted by molar-refractivity contribution is -0.143. The summed E-state index contributed by atoms with van der Waals surface area (Å²) in [4.78, 5) is 27.0. The van der Waals surface area contributed by atoms with Gasteiger partial charge in [0.1, 0.15) is 11.9 Å². The Bertz CT molecular complexity index is 660. The van der Waals surface area contributed by atoms with E-state index in [0.717, 1.165) is 0 Å². The summed E-state index contributed by atoms with van der Waals surface area (Å²) in [6, 6.07) is 4.08. The smallest absolute Gasteiger partial charge is 0.335 e. The van der Waals surface area contributed by atoms with Gasteiger partial charge < -0.3 is 14.4 Å². The summed E-state index contributed by atoms with van der Waals surface area (Å²) in [7, 11) is 1.32. The van der Waals surface area contributed by atoms with Crippen LogP contribution in [0, 0.1) is 6.92 Å². The minimum absolute atomic E-state index is 0.158. The molecule has 0 fully saturated rings. The number of rotatable bonds is 3. The molecule has 1 aromatic heterocycles. The van der Waals surface area contributed by atoms with Gasteiger partial charge in [0.05, 0.1) is 23.7 Å². The molecule has 1 heterocycles. The highest BCUT2D eigenvalue weighted by atomic mass is 16.5. The lowest BCUT2D eigenvalue weighted by Crippen LogP contribution is -2.18. The van der Waals surface area contributed by atoms with E-state index in [1.807, 2.05) is 0 Å². The lowest BCUT2D eigenvalue weighted by atomic mass is 10.2. The summed E-state index contributed by atoms with van der Waals surface area (Å²) in [5.41, 5.74) is 1.42. The van der Waals surface area contributed by atoms with Crippen molar-refractivity contribution in [3.63, 3.8) is 0 Å². The van der Waals surface area contributed by atoms with E-state index < -0.39 is 18.0 Å². The Morgan fingerprint density at radius 2 is 2.11 bits per heavy atom. The number of fused-ring (bicyclic) bond motifs is 1. The molecule has 1 unspecified atom stereocenters. The fourth-order valence-electron chi connectivity index (χ4n) is 2.11. The predicted octanol–water partition coefficient (Wildman–Crippen LogP) is 1.78. The van der Waals surface area contributed by atoms with Gasteiger partial charge in [-0.15, -0.1) is 0 Å². The van der Waals surface area contributed by atoms with E-state index in [1.54, 1.807) is 24.5 Å². The maximum Gasteiger partial charge on any atom is 0.335 e. The van der Waals surface area contributed by atoms with Gasteiger partial charge in [-0.3, -0.25) is 0 Å². The summed E-state index contributed by atoms with van der Waals surface area (Å²) in [5, 5.41) is 9.01. The Morgan fingerprint density at radius 1 is 1.42 bits per heavy atom. The Hall–Kier alpha value is -2.37. The predicted molar refractivity (Wildman–Crippen MR) is 68.2 cm³/mol. The molecule has 0 amide bonds. The number of carbonyl (C=O) groups is 2. The zero-order chi connectivity index (χ0) is 14.2. The zero-order valence-electron chi connectivity index (χ0n) is 10.9. The molecule has 0 bridgehead atoms. The summed E-state index contributed by atoms with van der Waals surface area (Å²) >= 11 is 0. The van der Waals surface area contributed by atoms with Crippen LogP contribution in [0.25, 0.3) is 11.0 Å². The highest BCUT2D eigenvalue weighted by Crippen LogP contribution is 2.23. The number of methoxy groups -OCH3 is 1. The molecular weight excluding hydrogens is 248 g/mol. The van der Waals surface area contributed by atoms with Gasteiger partial charge in [0.2, 0.25) is 0 Å². The number of aryl methyl sites for hydroxylation is 1. The molecule has 0 aliphatic rings. The van der Waals surface area contributed by atoms with E-state index in [2.05, 4.69) is 4.98 Å². The molecular formula is C13H14N2O4. The molecule has 2 aromatic rings. The molecule has 0 spiro atoms. The van der Waals surface area contributed by atoms with Crippen molar-refractivity contribution in [2.45, 2.75) is 19.9 Å². The number of carbonyl (C=O) groups excluding carboxylic acids is 1. The number of benzene rings is 1. The molecule has 1 N–H and O–H groups in total. The fourth-order valence-corrected chi connectivity index (χ4v) is 2.11. The van der Waals surface area contributed by atoms with Crippen molar-refractivity contribution in [2.24, 2.45) is 0 Å². The van der Waals surface area contributed by atoms with E-state index in [0.29, 0.717) is 16.9 Å². The van der Waals surface area contributed by atoms with Gasteiger partial charge in [0.15, 0.2) is 0 Å². The first-order valence-corrected chi connectivity index (χ1v) is 5.75. The number of aromatic nitrogens is 2. The molecule has 6 heteroatoms. The van der Waals surface area contributed by atoms with Crippen molar-refractivity contribution < 1.29 is 19.4 Å². The van der Waals surface area contributed by atoms with Crippen molar-refractivity contribution in [3.05, 3.63) is 29.6 Å². The van der Waals surface area contributed by atoms with Crippen LogP contribution >= 0.6 is 0 Å². The van der Waals surface area contributed by atoms with E-state index in [9.17, 15) is 9.59 Å². The summed E-state index contributed by atoms with van der Waals surface area (Å²) < 4.78 is 6.39. The van der Waals surface area contributed by atoms with Gasteiger partial charge in [-0.1, -0.05) is 0 Å². The van der Waals surface area contributed by atoms with Crippen LogP contribution in [0.4, 0.5) is 0 Å². The average molecular weight is 262 g/mol. The number of carboxylic acids is 1. The van der Waals surface area contributed by atoms with E-state index in [-0.39, 0.29) is 5.56 Å². The second-order valence-electron chi connectivity index (χ2n) is 4.24. The van der Waals surface area contributed by atoms with Crippen LogP contribution in [0.1, 0.15) is 29.1 Å². The zero-order valence-corrected chi connectivity index (χ0v) is 10.9. The third-order valence-electron chi connectivity index (χ3n) is 3.04. The first-order valence-electron chi connectivity index (χ1n) is 5.75. The van der Waals surface area contributed by atoms with Gasteiger partial charge in [-0.2, -0.15) is 0 Å². The number of hydrogen-bond donors (Lipinski definition) is 1. The maximum absolute atomic E-state index is 11.6. The highest BCUT2D eigenvalue weighted by molar-refractivity contribution is 5.93. The number of hydrogen-bond acceptors (Lipinski definition) is 4. The minimum Gasteiger partial charge on any atom is -0.478 e. The number of nitrogens with zero attached hydrogens (tertiary/aromatic N) is 2. The number of carboxylic acid groups (broad SMARTS) is 1. The normalized spacial score (nSPS) is 12.4. The Morgan fingerprint density at radius 3 is 2.68 bits per heavy atom. The van der Waals surface area contributed by atoms with Crippen LogP contribution in [0.2, 0.25) is 0 Å². The van der Waals surface area contributed by atoms with E-state index in [4.69, 9.17) is 9.84 Å². The van der Waals surface area contributed by atoms with Crippen molar-refractivity contribution >= 4 is 23.0 Å². The van der Waals surface area contributed by atoms with Crippen LogP contribution in [0.5, 0.6) is 0 Å². The number of aromatic carboxylic acids is 1. The SMILES string of the molecule is COC(=O)C(C)n1c(C)nc2ccc(C(=O)O)cc21. The third kappa shape index (κ3) is 2.16. The largest absolute Gasteiger partial charge is 0.478 e. The maximum atomic E-state index is 11.6. The average Bonchev–Trinajstić information content (AvgIpc) is 2.71. The first-order chi connectivity index (χ1) is 8.95. The second-order valence-corrected chi connectivity index (χ2v) is 4.24. The molecule has 0 saturated heterocycles. The van der Waals surface area contributed by atoms with Crippen LogP contribution in [-0.2, 0) is 9.53 Å². The van der Waals surface area contributed by atoms with Crippen molar-refractivity contribution in [2.75, 3.05) is 7.11 Å². The molecule has 2 rings (SSSR count). The van der Waals surface area contributed by atoms with Crippen molar-refractivity contribution in [1.29, 1.82) is 0 Å². The van der Waals surface area contributed by atoms with Crippen molar-refractivity contribution in [1.82, 2.24) is 9.55 Å². The molecule has 0 aliphatic heterocycles. The molecule has 0 radical (unpaired) electrons. The van der Waals surface area contributed by atoms with E-state index in [1.165, 1.54) is 19.2 Å². The van der Waals surface area contributed by atoms with Gasteiger partial charge in [0, 0.05) is 0 Å². The summed E-state index contributed by atoms with van der Waals surface area (Å²) in [6.45, 7) is 3.45. The molecule has 1 atom stereocenters. The number of ether oxygens (including phenoxy) is 1. The first kappa shape index (κ1) is 13.1. The quantitative estimate of drug-likeness (QED) is 0.852. The lowest BCUT2D eigenvalue weighted by Gasteiger charge is -2.14.